The van der Waals surface area contributed by atoms with E-state index < -0.39 is 0 Å². The minimum Gasteiger partial charge on any atom is -0.475 e. The van der Waals surface area contributed by atoms with Crippen LogP contribution in [0.5, 0.6) is 5.88 Å². The molecule has 0 amide bonds. The number of rotatable bonds is 3. The number of aromatic nitrogens is 1. The van der Waals surface area contributed by atoms with Crippen LogP contribution in [0.2, 0.25) is 0 Å². The van der Waals surface area contributed by atoms with Crippen molar-refractivity contribution in [1.29, 1.82) is 0 Å². The van der Waals surface area contributed by atoms with Crippen LogP contribution < -0.4 is 10.5 Å². The van der Waals surface area contributed by atoms with Gasteiger partial charge in [0.1, 0.15) is 6.61 Å². The number of hydrogen-bond acceptors (Lipinski definition) is 3. The van der Waals surface area contributed by atoms with Gasteiger partial charge in [0.25, 0.3) is 0 Å². The Balaban J connectivity index is 1.99. The SMILES string of the molecule is Cc1ccnc(OCC2(N)CCCCCC2)c1Br. The van der Waals surface area contributed by atoms with Gasteiger partial charge in [-0.25, -0.2) is 4.98 Å². The van der Waals surface area contributed by atoms with Gasteiger partial charge in [0.2, 0.25) is 5.88 Å². The van der Waals surface area contributed by atoms with Crippen molar-refractivity contribution in [2.75, 3.05) is 6.61 Å². The van der Waals surface area contributed by atoms with E-state index in [1.165, 1.54) is 25.7 Å². The minimum absolute atomic E-state index is 0.179. The van der Waals surface area contributed by atoms with E-state index in [1.807, 2.05) is 13.0 Å². The van der Waals surface area contributed by atoms with Gasteiger partial charge in [0.05, 0.1) is 10.0 Å². The average Bonchev–Trinajstić information content (AvgIpc) is 2.57. The van der Waals surface area contributed by atoms with Gasteiger partial charge < -0.3 is 10.5 Å². The van der Waals surface area contributed by atoms with Crippen molar-refractivity contribution in [2.45, 2.75) is 51.0 Å². The fourth-order valence-corrected chi connectivity index (χ4v) is 2.75. The number of nitrogens with two attached hydrogens (primary N) is 1. The topological polar surface area (TPSA) is 48.1 Å². The second kappa shape index (κ2) is 6.02. The first-order chi connectivity index (χ1) is 8.61. The lowest BCUT2D eigenvalue weighted by Gasteiger charge is -2.27. The average molecular weight is 313 g/mol. The van der Waals surface area contributed by atoms with E-state index in [4.69, 9.17) is 10.5 Å². The molecular formula is C14H21BrN2O. The summed E-state index contributed by atoms with van der Waals surface area (Å²) in [6, 6.07) is 1.96. The fourth-order valence-electron chi connectivity index (χ4n) is 2.41. The van der Waals surface area contributed by atoms with Crippen molar-refractivity contribution in [1.82, 2.24) is 4.98 Å². The normalized spacial score (nSPS) is 19.3. The molecule has 0 spiro atoms. The van der Waals surface area contributed by atoms with Crippen LogP contribution >= 0.6 is 15.9 Å². The third-order valence-electron chi connectivity index (χ3n) is 3.65. The second-order valence-corrected chi connectivity index (χ2v) is 6.11. The second-order valence-electron chi connectivity index (χ2n) is 5.31. The summed E-state index contributed by atoms with van der Waals surface area (Å²) in [6.45, 7) is 2.59. The van der Waals surface area contributed by atoms with E-state index in [-0.39, 0.29) is 5.54 Å². The van der Waals surface area contributed by atoms with Crippen molar-refractivity contribution >= 4 is 15.9 Å². The molecule has 1 aromatic heterocycles. The van der Waals surface area contributed by atoms with Crippen molar-refractivity contribution < 1.29 is 4.74 Å². The molecule has 0 radical (unpaired) electrons. The van der Waals surface area contributed by atoms with E-state index in [1.54, 1.807) is 6.20 Å². The number of halogens is 1. The smallest absolute Gasteiger partial charge is 0.228 e. The van der Waals surface area contributed by atoms with Gasteiger partial charge in [-0.05, 0) is 47.3 Å². The molecule has 1 heterocycles. The third kappa shape index (κ3) is 3.45. The quantitative estimate of drug-likeness (QED) is 0.868. The summed E-state index contributed by atoms with van der Waals surface area (Å²) in [5, 5.41) is 0. The molecule has 1 aromatic rings. The predicted octanol–water partition coefficient (Wildman–Crippen LogP) is 3.58. The summed E-state index contributed by atoms with van der Waals surface area (Å²) in [6.07, 6.45) is 8.89. The van der Waals surface area contributed by atoms with E-state index >= 15 is 0 Å². The molecule has 2 rings (SSSR count). The zero-order chi connectivity index (χ0) is 13.0. The Hall–Kier alpha value is -0.610. The highest BCUT2D eigenvalue weighted by molar-refractivity contribution is 9.10. The third-order valence-corrected chi connectivity index (χ3v) is 4.61. The predicted molar refractivity (Wildman–Crippen MR) is 76.8 cm³/mol. The van der Waals surface area contributed by atoms with Crippen molar-refractivity contribution in [2.24, 2.45) is 5.73 Å². The summed E-state index contributed by atoms with van der Waals surface area (Å²) in [5.41, 5.74) is 7.38. The Bertz CT molecular complexity index is 401. The number of nitrogens with zero attached hydrogens (tertiary/aromatic N) is 1. The van der Waals surface area contributed by atoms with E-state index in [0.29, 0.717) is 12.5 Å². The molecule has 0 bridgehead atoms. The highest BCUT2D eigenvalue weighted by Crippen LogP contribution is 2.29. The molecule has 1 fully saturated rings. The number of aryl methyl sites for hydroxylation is 1. The molecule has 1 aliphatic rings. The first kappa shape index (κ1) is 13.8. The maximum atomic E-state index is 6.43. The Morgan fingerprint density at radius 1 is 1.33 bits per heavy atom. The van der Waals surface area contributed by atoms with Crippen LogP contribution in [0, 0.1) is 6.92 Å². The molecular weight excluding hydrogens is 292 g/mol. The molecule has 0 atom stereocenters. The van der Waals surface area contributed by atoms with Gasteiger partial charge in [-0.2, -0.15) is 0 Å². The zero-order valence-electron chi connectivity index (χ0n) is 10.9. The molecule has 18 heavy (non-hydrogen) atoms. The molecule has 0 saturated heterocycles. The lowest BCUT2D eigenvalue weighted by atomic mass is 9.93. The van der Waals surface area contributed by atoms with Gasteiger partial charge in [-0.15, -0.1) is 0 Å². The maximum Gasteiger partial charge on any atom is 0.228 e. The summed E-state index contributed by atoms with van der Waals surface area (Å²) < 4.78 is 6.77. The van der Waals surface area contributed by atoms with Crippen LogP contribution in [0.4, 0.5) is 0 Å². The monoisotopic (exact) mass is 312 g/mol. The Morgan fingerprint density at radius 2 is 2.00 bits per heavy atom. The molecule has 1 saturated carbocycles. The summed E-state index contributed by atoms with van der Waals surface area (Å²) in [5.74, 6) is 0.657. The lowest BCUT2D eigenvalue weighted by molar-refractivity contribution is 0.192. The van der Waals surface area contributed by atoms with E-state index in [9.17, 15) is 0 Å². The summed E-state index contributed by atoms with van der Waals surface area (Å²) in [4.78, 5) is 4.25. The van der Waals surface area contributed by atoms with Crippen LogP contribution in [-0.4, -0.2) is 17.1 Å². The number of hydrogen-bond donors (Lipinski definition) is 1. The molecule has 0 aliphatic heterocycles. The maximum absolute atomic E-state index is 6.43. The van der Waals surface area contributed by atoms with Crippen molar-refractivity contribution in [3.05, 3.63) is 22.3 Å². The van der Waals surface area contributed by atoms with Crippen LogP contribution in [0.15, 0.2) is 16.7 Å². The molecule has 1 aliphatic carbocycles. The first-order valence-electron chi connectivity index (χ1n) is 6.63. The largest absolute Gasteiger partial charge is 0.475 e. The molecule has 0 aromatic carbocycles. The Morgan fingerprint density at radius 3 is 2.67 bits per heavy atom. The standard InChI is InChI=1S/C14H21BrN2O/c1-11-6-9-17-13(12(11)15)18-10-14(16)7-4-2-3-5-8-14/h6,9H,2-5,7-8,10,16H2,1H3. The molecule has 4 heteroatoms. The summed E-state index contributed by atoms with van der Waals surface area (Å²) in [7, 11) is 0. The van der Waals surface area contributed by atoms with Crippen LogP contribution in [-0.2, 0) is 0 Å². The van der Waals surface area contributed by atoms with Crippen LogP contribution in [0.1, 0.15) is 44.1 Å². The highest BCUT2D eigenvalue weighted by atomic mass is 79.9. The van der Waals surface area contributed by atoms with Gasteiger partial charge in [-0.1, -0.05) is 25.7 Å². The van der Waals surface area contributed by atoms with Crippen LogP contribution in [0.25, 0.3) is 0 Å². The fraction of sp³-hybridized carbons (Fsp3) is 0.643. The first-order valence-corrected chi connectivity index (χ1v) is 7.43. The number of ether oxygens (including phenoxy) is 1. The Kier molecular flexibility index (Phi) is 4.62. The molecule has 3 nitrogen and oxygen atoms in total. The van der Waals surface area contributed by atoms with Gasteiger partial charge in [0, 0.05) is 6.20 Å². The number of pyridine rings is 1. The van der Waals surface area contributed by atoms with Gasteiger partial charge in [-0.3, -0.25) is 0 Å². The van der Waals surface area contributed by atoms with Gasteiger partial charge in [0.15, 0.2) is 0 Å². The zero-order valence-corrected chi connectivity index (χ0v) is 12.5. The molecule has 100 valence electrons. The van der Waals surface area contributed by atoms with Gasteiger partial charge >= 0.3 is 0 Å². The van der Waals surface area contributed by atoms with Crippen molar-refractivity contribution in [3.63, 3.8) is 0 Å². The highest BCUT2D eigenvalue weighted by Gasteiger charge is 2.27. The van der Waals surface area contributed by atoms with E-state index in [2.05, 4.69) is 20.9 Å². The van der Waals surface area contributed by atoms with Crippen LogP contribution in [0.3, 0.4) is 0 Å². The molecule has 0 unspecified atom stereocenters. The summed E-state index contributed by atoms with van der Waals surface area (Å²) >= 11 is 3.51. The van der Waals surface area contributed by atoms with Crippen molar-refractivity contribution in [3.8, 4) is 5.88 Å². The van der Waals surface area contributed by atoms with E-state index in [0.717, 1.165) is 22.9 Å². The molecule has 2 N–H and O–H groups in total. The minimum atomic E-state index is -0.179. The Labute approximate surface area is 117 Å². The lowest BCUT2D eigenvalue weighted by Crippen LogP contribution is -2.45.